The molecular weight excluding hydrogens is 420 g/mol. The van der Waals surface area contributed by atoms with E-state index in [1.54, 1.807) is 13.1 Å². The molecule has 31 heavy (non-hydrogen) atoms. The van der Waals surface area contributed by atoms with Crippen molar-refractivity contribution in [2.45, 2.75) is 19.8 Å². The van der Waals surface area contributed by atoms with Gasteiger partial charge in [-0.1, -0.05) is 29.8 Å². The molecule has 9 nitrogen and oxygen atoms in total. The van der Waals surface area contributed by atoms with E-state index < -0.39 is 0 Å². The average molecular weight is 445 g/mol. The number of benzene rings is 1. The van der Waals surface area contributed by atoms with Crippen molar-refractivity contribution >= 4 is 46.8 Å². The van der Waals surface area contributed by atoms with Gasteiger partial charge >= 0.3 is 6.03 Å². The summed E-state index contributed by atoms with van der Waals surface area (Å²) in [5.74, 6) is -0.916. The number of carbonyl (C=O) groups is 5. The zero-order chi connectivity index (χ0) is 22.5. The van der Waals surface area contributed by atoms with Crippen molar-refractivity contribution in [1.82, 2.24) is 20.0 Å². The van der Waals surface area contributed by atoms with Crippen LogP contribution >= 0.6 is 11.8 Å². The molecule has 0 aliphatic carbocycles. The molecular formula is C21H24N4O5S. The second kappa shape index (κ2) is 9.78. The molecule has 2 saturated heterocycles. The van der Waals surface area contributed by atoms with Crippen LogP contribution in [0.4, 0.5) is 9.59 Å². The lowest BCUT2D eigenvalue weighted by Gasteiger charge is -2.14. The minimum Gasteiger partial charge on any atom is -0.354 e. The van der Waals surface area contributed by atoms with Gasteiger partial charge in [0.2, 0.25) is 11.8 Å². The lowest BCUT2D eigenvalue weighted by molar-refractivity contribution is -0.126. The van der Waals surface area contributed by atoms with Gasteiger partial charge in [0, 0.05) is 33.1 Å². The number of nitrogens with one attached hydrogen (secondary N) is 1. The van der Waals surface area contributed by atoms with Gasteiger partial charge in [0.05, 0.1) is 4.91 Å². The van der Waals surface area contributed by atoms with Crippen LogP contribution in [0.2, 0.25) is 0 Å². The van der Waals surface area contributed by atoms with Crippen LogP contribution < -0.4 is 5.32 Å². The summed E-state index contributed by atoms with van der Waals surface area (Å²) in [6.45, 7) is 2.42. The first-order chi connectivity index (χ1) is 14.8. The van der Waals surface area contributed by atoms with Crippen LogP contribution in [0, 0.1) is 6.92 Å². The number of thioether (sulfide) groups is 1. The number of imide groups is 2. The minimum atomic E-state index is -0.375. The molecule has 3 rings (SSSR count). The maximum Gasteiger partial charge on any atom is 0.326 e. The Morgan fingerprint density at radius 2 is 1.81 bits per heavy atom. The number of hydrogen-bond acceptors (Lipinski definition) is 6. The molecule has 0 radical (unpaired) electrons. The van der Waals surface area contributed by atoms with Gasteiger partial charge in [-0.2, -0.15) is 0 Å². The number of rotatable bonds is 8. The van der Waals surface area contributed by atoms with Crippen molar-refractivity contribution in [3.05, 3.63) is 40.3 Å². The summed E-state index contributed by atoms with van der Waals surface area (Å²) in [6.07, 6.45) is 2.16. The van der Waals surface area contributed by atoms with Crippen LogP contribution in [0.1, 0.15) is 24.0 Å². The first-order valence-electron chi connectivity index (χ1n) is 9.90. The Morgan fingerprint density at radius 3 is 2.45 bits per heavy atom. The van der Waals surface area contributed by atoms with E-state index in [1.807, 2.05) is 31.2 Å². The van der Waals surface area contributed by atoms with E-state index in [0.29, 0.717) is 11.3 Å². The Morgan fingerprint density at radius 1 is 1.10 bits per heavy atom. The van der Waals surface area contributed by atoms with Crippen LogP contribution in [0.15, 0.2) is 29.2 Å². The van der Waals surface area contributed by atoms with Gasteiger partial charge in [-0.05, 0) is 36.7 Å². The monoisotopic (exact) mass is 444 g/mol. The van der Waals surface area contributed by atoms with Crippen molar-refractivity contribution in [3.63, 3.8) is 0 Å². The molecule has 2 aliphatic rings. The molecule has 1 aromatic rings. The van der Waals surface area contributed by atoms with E-state index in [4.69, 9.17) is 0 Å². The summed E-state index contributed by atoms with van der Waals surface area (Å²) >= 11 is 0.881. The van der Waals surface area contributed by atoms with Crippen LogP contribution in [0.5, 0.6) is 0 Å². The zero-order valence-corrected chi connectivity index (χ0v) is 18.2. The number of carbonyl (C=O) groups excluding carboxylic acids is 5. The summed E-state index contributed by atoms with van der Waals surface area (Å²) in [7, 11) is 1.55. The van der Waals surface area contributed by atoms with Gasteiger partial charge in [-0.25, -0.2) is 4.79 Å². The Balaban J connectivity index is 1.41. The fourth-order valence-corrected chi connectivity index (χ4v) is 4.05. The quantitative estimate of drug-likeness (QED) is 0.484. The molecule has 2 aliphatic heterocycles. The highest BCUT2D eigenvalue weighted by Crippen LogP contribution is 2.31. The van der Waals surface area contributed by atoms with Crippen molar-refractivity contribution in [2.75, 3.05) is 33.2 Å². The summed E-state index contributed by atoms with van der Waals surface area (Å²) in [4.78, 5) is 64.1. The Hall–Kier alpha value is -3.14. The molecule has 0 saturated carbocycles. The predicted octanol–water partition coefficient (Wildman–Crippen LogP) is 1.82. The summed E-state index contributed by atoms with van der Waals surface area (Å²) in [6, 6.07) is 7.26. The van der Waals surface area contributed by atoms with Gasteiger partial charge in [0.1, 0.15) is 6.54 Å². The zero-order valence-electron chi connectivity index (χ0n) is 17.4. The average Bonchev–Trinajstić information content (AvgIpc) is 3.13. The van der Waals surface area contributed by atoms with E-state index in [1.165, 1.54) is 4.90 Å². The third kappa shape index (κ3) is 5.52. The normalized spacial score (nSPS) is 18.0. The number of hydrogen-bond donors (Lipinski definition) is 1. The van der Waals surface area contributed by atoms with Crippen LogP contribution in [-0.2, 0) is 14.4 Å². The predicted molar refractivity (Wildman–Crippen MR) is 116 cm³/mol. The lowest BCUT2D eigenvalue weighted by Crippen LogP contribution is -2.37. The maximum absolute atomic E-state index is 12.5. The standard InChI is InChI=1S/C21H24N4O5S/c1-14-5-7-15(8-6-14)12-16-19(28)25(21(30)31-16)11-9-22-17(26)4-3-10-24-18(27)13-23(2)20(24)29/h5-8,12H,3-4,9-11,13H2,1-2H3,(H,22,26)/b16-12+. The highest BCUT2D eigenvalue weighted by molar-refractivity contribution is 8.18. The summed E-state index contributed by atoms with van der Waals surface area (Å²) in [5.41, 5.74) is 1.94. The Labute approximate surface area is 184 Å². The van der Waals surface area contributed by atoms with Gasteiger partial charge in [0.25, 0.3) is 11.1 Å². The Bertz CT molecular complexity index is 944. The molecule has 0 bridgehead atoms. The third-order valence-electron chi connectivity index (χ3n) is 4.92. The highest BCUT2D eigenvalue weighted by atomic mass is 32.2. The number of likely N-dealkylation sites (N-methyl/N-ethyl adjacent to an activating group) is 1. The molecule has 1 N–H and O–H groups in total. The molecule has 6 amide bonds. The minimum absolute atomic E-state index is 0.0568. The number of amides is 6. The van der Waals surface area contributed by atoms with Gasteiger partial charge in [0.15, 0.2) is 0 Å². The van der Waals surface area contributed by atoms with Gasteiger partial charge < -0.3 is 10.2 Å². The van der Waals surface area contributed by atoms with Gasteiger partial charge in [-0.15, -0.1) is 0 Å². The van der Waals surface area contributed by atoms with Gasteiger partial charge in [-0.3, -0.25) is 29.0 Å². The van der Waals surface area contributed by atoms with Crippen molar-refractivity contribution in [3.8, 4) is 0 Å². The van der Waals surface area contributed by atoms with E-state index in [0.717, 1.165) is 32.7 Å². The second-order valence-electron chi connectivity index (χ2n) is 7.38. The first-order valence-corrected chi connectivity index (χ1v) is 10.7. The van der Waals surface area contributed by atoms with Crippen LogP contribution in [0.25, 0.3) is 6.08 Å². The molecule has 0 spiro atoms. The molecule has 2 heterocycles. The van der Waals surface area contributed by atoms with E-state index in [-0.39, 0.29) is 61.6 Å². The lowest BCUT2D eigenvalue weighted by atomic mass is 10.1. The fraction of sp³-hybridized carbons (Fsp3) is 0.381. The largest absolute Gasteiger partial charge is 0.354 e. The first kappa shape index (κ1) is 22.5. The summed E-state index contributed by atoms with van der Waals surface area (Å²) in [5, 5.41) is 2.30. The van der Waals surface area contributed by atoms with Crippen molar-refractivity contribution in [2.24, 2.45) is 0 Å². The molecule has 0 atom stereocenters. The summed E-state index contributed by atoms with van der Waals surface area (Å²) < 4.78 is 0. The van der Waals surface area contributed by atoms with Crippen LogP contribution in [-0.4, -0.2) is 76.9 Å². The van der Waals surface area contributed by atoms with E-state index in [9.17, 15) is 24.0 Å². The van der Waals surface area contributed by atoms with E-state index >= 15 is 0 Å². The Kier molecular flexibility index (Phi) is 7.11. The van der Waals surface area contributed by atoms with E-state index in [2.05, 4.69) is 5.32 Å². The fourth-order valence-electron chi connectivity index (χ4n) is 3.19. The number of nitrogens with zero attached hydrogens (tertiary/aromatic N) is 3. The molecule has 164 valence electrons. The highest BCUT2D eigenvalue weighted by Gasteiger charge is 2.35. The van der Waals surface area contributed by atoms with Crippen molar-refractivity contribution in [1.29, 1.82) is 0 Å². The molecule has 0 unspecified atom stereocenters. The second-order valence-corrected chi connectivity index (χ2v) is 8.37. The molecule has 2 fully saturated rings. The number of aryl methyl sites for hydroxylation is 1. The number of urea groups is 1. The topological polar surface area (TPSA) is 107 Å². The third-order valence-corrected chi connectivity index (χ3v) is 5.83. The molecule has 0 aromatic heterocycles. The maximum atomic E-state index is 12.5. The SMILES string of the molecule is Cc1ccc(/C=C2/SC(=O)N(CCNC(=O)CCCN3C(=O)CN(C)C3=O)C2=O)cc1. The van der Waals surface area contributed by atoms with Crippen molar-refractivity contribution < 1.29 is 24.0 Å². The smallest absolute Gasteiger partial charge is 0.326 e. The van der Waals surface area contributed by atoms with Crippen LogP contribution in [0.3, 0.4) is 0 Å². The molecule has 1 aromatic carbocycles. The molecule has 10 heteroatoms.